The van der Waals surface area contributed by atoms with Gasteiger partial charge in [0.15, 0.2) is 23.3 Å². The fraction of sp³-hybridized carbons (Fsp3) is 0.727. The van der Waals surface area contributed by atoms with Gasteiger partial charge < -0.3 is 0 Å². The van der Waals surface area contributed by atoms with E-state index in [1.165, 1.54) is 0 Å². The van der Waals surface area contributed by atoms with Crippen LogP contribution in [0.15, 0.2) is 0 Å². The van der Waals surface area contributed by atoms with E-state index in [1.807, 2.05) is 0 Å². The fourth-order valence-corrected chi connectivity index (χ4v) is 12.2. The first kappa shape index (κ1) is 18.3. The predicted molar refractivity (Wildman–Crippen MR) is 106 cm³/mol. The summed E-state index contributed by atoms with van der Waals surface area (Å²) in [7, 11) is -1.68. The molecule has 1 aromatic rings. The lowest BCUT2D eigenvalue weighted by Gasteiger charge is -3.08. The van der Waals surface area contributed by atoms with Crippen LogP contribution in [0.5, 0.6) is 0 Å². The van der Waals surface area contributed by atoms with Crippen molar-refractivity contribution in [3.05, 3.63) is 34.4 Å². The van der Waals surface area contributed by atoms with Crippen LogP contribution in [0.1, 0.15) is 17.5 Å². The lowest BCUT2D eigenvalue weighted by atomic mass is 8.96. The number of hydrogen-bond acceptors (Lipinski definition) is 1. The van der Waals surface area contributed by atoms with Gasteiger partial charge in [-0.2, -0.15) is 12.6 Å². The van der Waals surface area contributed by atoms with Gasteiger partial charge in [0.1, 0.15) is 0 Å². The van der Waals surface area contributed by atoms with Crippen LogP contribution >= 0.6 is 12.6 Å². The average Bonchev–Trinajstić information content (AvgIpc) is 2.66. The normalized spacial score (nSPS) is 42.8. The summed E-state index contributed by atoms with van der Waals surface area (Å²) < 4.78 is 58.7. The molecule has 0 aromatic heterocycles. The third-order valence-corrected chi connectivity index (χ3v) is 13.6. The highest BCUT2D eigenvalue weighted by molar-refractivity contribution is 7.80. The topological polar surface area (TPSA) is 0 Å². The summed E-state index contributed by atoms with van der Waals surface area (Å²) in [5, 5.41) is 0. The second-order valence-corrected chi connectivity index (χ2v) is 16.6. The van der Waals surface area contributed by atoms with Crippen molar-refractivity contribution < 1.29 is 17.6 Å². The summed E-state index contributed by atoms with van der Waals surface area (Å²) >= 11 is 4.24. The van der Waals surface area contributed by atoms with E-state index in [1.54, 1.807) is 0 Å². The molecule has 0 spiro atoms. The molecule has 0 saturated heterocycles. The third-order valence-electron chi connectivity index (χ3n) is 9.78. The van der Waals surface area contributed by atoms with Gasteiger partial charge in [-0.1, -0.05) is 19.1 Å². The summed E-state index contributed by atoms with van der Waals surface area (Å²) in [5.41, 5.74) is -0.476. The van der Waals surface area contributed by atoms with E-state index >= 15 is 0 Å². The third kappa shape index (κ3) is 1.75. The van der Waals surface area contributed by atoms with Gasteiger partial charge in [0.25, 0.3) is 0 Å². The SMILES string of the molecule is C[Si](C)(CCS)CCc1c(F)c(F)c(CCC23C4C5C6C4C2C6C53)c(F)c1F. The van der Waals surface area contributed by atoms with Gasteiger partial charge >= 0.3 is 0 Å². The second-order valence-electron chi connectivity index (χ2n) is 10.8. The summed E-state index contributed by atoms with van der Waals surface area (Å²) in [4.78, 5) is 0. The maximum Gasteiger partial charge on any atom is 0.165 e. The molecule has 7 rings (SSSR count). The first-order valence-corrected chi connectivity index (χ1v) is 14.8. The second kappa shape index (κ2) is 5.40. The highest BCUT2D eigenvalue weighted by atomic mass is 32.1. The number of rotatable bonds is 8. The molecular formula is C22H26F4SSi. The number of hydrogen-bond donors (Lipinski definition) is 1. The Kier molecular flexibility index (Phi) is 3.53. The minimum absolute atomic E-state index is 0.0569. The van der Waals surface area contributed by atoms with Gasteiger partial charge in [-0.05, 0) is 77.9 Å². The van der Waals surface area contributed by atoms with Crippen LogP contribution in [0.4, 0.5) is 17.6 Å². The Morgan fingerprint density at radius 2 is 1.21 bits per heavy atom. The molecule has 0 atom stereocenters. The largest absolute Gasteiger partial charge is 0.203 e. The maximum absolute atomic E-state index is 14.7. The molecule has 0 bridgehead atoms. The Bertz CT molecular complexity index is 817. The Hall–Kier alpha value is -0.493. The molecule has 1 aromatic carbocycles. The quantitative estimate of drug-likeness (QED) is 0.234. The van der Waals surface area contributed by atoms with Gasteiger partial charge in [0.2, 0.25) is 0 Å². The molecule has 0 radical (unpaired) electrons. The molecule has 6 saturated carbocycles. The van der Waals surface area contributed by atoms with Crippen molar-refractivity contribution in [3.8, 4) is 0 Å². The zero-order valence-electron chi connectivity index (χ0n) is 16.2. The highest BCUT2D eigenvalue weighted by Gasteiger charge is 3.03. The molecule has 0 nitrogen and oxygen atoms in total. The van der Waals surface area contributed by atoms with Crippen molar-refractivity contribution in [2.75, 3.05) is 5.75 Å². The van der Waals surface area contributed by atoms with Crippen LogP contribution in [-0.4, -0.2) is 13.8 Å². The molecule has 6 aliphatic carbocycles. The standard InChI is InChI=1S/C22H26F4SSi/c1-28(2,8-6-27)7-4-10-20(25)18(23)9(19(24)21(10)26)3-5-22-15-12-11-13(15)17(22)14(11)16(12)22/h11-17,27H,3-8H2,1-2H3. The van der Waals surface area contributed by atoms with E-state index in [0.717, 1.165) is 53.2 Å². The van der Waals surface area contributed by atoms with Gasteiger partial charge in [-0.25, -0.2) is 17.6 Å². The Morgan fingerprint density at radius 3 is 1.68 bits per heavy atom. The van der Waals surface area contributed by atoms with E-state index < -0.39 is 36.9 Å². The predicted octanol–water partition coefficient (Wildman–Crippen LogP) is 5.72. The van der Waals surface area contributed by atoms with Gasteiger partial charge in [0.05, 0.1) is 0 Å². The minimum atomic E-state index is -1.68. The lowest BCUT2D eigenvalue weighted by molar-refractivity contribution is -0.616. The van der Waals surface area contributed by atoms with Crippen LogP contribution < -0.4 is 0 Å². The number of thiol groups is 1. The molecule has 0 heterocycles. The zero-order chi connectivity index (χ0) is 19.7. The molecule has 0 aliphatic heterocycles. The van der Waals surface area contributed by atoms with Gasteiger partial charge in [0, 0.05) is 19.2 Å². The number of benzene rings is 1. The molecule has 6 heteroatoms. The fourth-order valence-electron chi connectivity index (χ4n) is 8.56. The van der Waals surface area contributed by atoms with Crippen molar-refractivity contribution >= 4 is 20.7 Å². The molecule has 0 N–H and O–H groups in total. The first-order chi connectivity index (χ1) is 13.3. The first-order valence-electron chi connectivity index (χ1n) is 10.7. The smallest absolute Gasteiger partial charge is 0.165 e. The Morgan fingerprint density at radius 1 is 0.750 bits per heavy atom. The molecule has 152 valence electrons. The minimum Gasteiger partial charge on any atom is -0.203 e. The molecule has 0 amide bonds. The van der Waals surface area contributed by atoms with E-state index in [4.69, 9.17) is 0 Å². The Balaban J connectivity index is 1.20. The summed E-state index contributed by atoms with van der Waals surface area (Å²) in [6.45, 7) is 4.23. The van der Waals surface area contributed by atoms with Crippen molar-refractivity contribution in [1.82, 2.24) is 0 Å². The van der Waals surface area contributed by atoms with E-state index in [9.17, 15) is 17.6 Å². The van der Waals surface area contributed by atoms with Crippen LogP contribution in [0, 0.1) is 70.1 Å². The summed E-state index contributed by atoms with van der Waals surface area (Å²) in [6, 6.07) is 1.51. The van der Waals surface area contributed by atoms with Crippen molar-refractivity contribution in [1.29, 1.82) is 0 Å². The van der Waals surface area contributed by atoms with Crippen molar-refractivity contribution in [2.24, 2.45) is 46.8 Å². The highest BCUT2D eigenvalue weighted by Crippen LogP contribution is 3.06. The monoisotopic (exact) mass is 426 g/mol. The molecule has 28 heavy (non-hydrogen) atoms. The van der Waals surface area contributed by atoms with Crippen LogP contribution in [0.3, 0.4) is 0 Å². The summed E-state index contributed by atoms with van der Waals surface area (Å²) in [5.74, 6) is 2.09. The van der Waals surface area contributed by atoms with Crippen LogP contribution in [0.25, 0.3) is 0 Å². The van der Waals surface area contributed by atoms with Crippen molar-refractivity contribution in [2.45, 2.75) is 44.4 Å². The summed E-state index contributed by atoms with van der Waals surface area (Å²) in [6.07, 6.45) is 0.893. The zero-order valence-corrected chi connectivity index (χ0v) is 18.1. The Labute approximate surface area is 169 Å². The average molecular weight is 427 g/mol. The van der Waals surface area contributed by atoms with Gasteiger partial charge in [-0.3, -0.25) is 0 Å². The van der Waals surface area contributed by atoms with Crippen LogP contribution in [0.2, 0.25) is 25.2 Å². The molecule has 6 aliphatic rings. The van der Waals surface area contributed by atoms with E-state index in [-0.39, 0.29) is 18.4 Å². The molecular weight excluding hydrogens is 400 g/mol. The maximum atomic E-state index is 14.7. The van der Waals surface area contributed by atoms with E-state index in [2.05, 4.69) is 25.7 Å². The van der Waals surface area contributed by atoms with E-state index in [0.29, 0.717) is 17.9 Å². The van der Waals surface area contributed by atoms with Gasteiger partial charge in [-0.15, -0.1) is 0 Å². The number of halogens is 4. The molecule has 0 unspecified atom stereocenters. The van der Waals surface area contributed by atoms with Crippen LogP contribution in [-0.2, 0) is 12.8 Å². The lowest BCUT2D eigenvalue weighted by Crippen LogP contribution is -3.05. The van der Waals surface area contributed by atoms with Crippen molar-refractivity contribution in [3.63, 3.8) is 0 Å². The molecule has 6 fully saturated rings.